The number of rotatable bonds is 32. The lowest BCUT2D eigenvalue weighted by Crippen LogP contribution is -2.37. The number of quaternary nitrogens is 1. The summed E-state index contributed by atoms with van der Waals surface area (Å²) in [5.41, 5.74) is 0. The minimum atomic E-state index is -4.29. The predicted molar refractivity (Wildman–Crippen MR) is 201 cm³/mol. The first-order valence-electron chi connectivity index (χ1n) is 18.2. The molecule has 0 fully saturated rings. The monoisotopic (exact) mass is 694 g/mol. The zero-order valence-corrected chi connectivity index (χ0v) is 31.8. The second-order valence-electron chi connectivity index (χ2n) is 12.9. The van der Waals surface area contributed by atoms with Crippen LogP contribution in [0.25, 0.3) is 0 Å². The minimum absolute atomic E-state index is 0.0699. The standard InChI is InChI=1S/C39H68NO7P/c1-6-8-10-12-14-16-18-19-20-21-22-23-25-27-29-31-34-44-36-38(37-46-48(42,43)45-35-33-40(3,4)5)47-39(41)32-30-28-26-24-17-15-13-11-9-7-2/h8,10-11,13-14,16,19-20,22-23,27,29,38H,6-7,9,12,15,17-18,21,24-26,28,30-37H2,1-5H3/p+1/b10-8-,13-11-,16-14-,20-19-,23-22-,29-27-. The van der Waals surface area contributed by atoms with Gasteiger partial charge >= 0.3 is 13.8 Å². The van der Waals surface area contributed by atoms with Crippen LogP contribution in [-0.2, 0) is 27.9 Å². The van der Waals surface area contributed by atoms with Crippen LogP contribution in [-0.4, -0.2) is 75.6 Å². The van der Waals surface area contributed by atoms with E-state index in [4.69, 9.17) is 18.5 Å². The fourth-order valence-electron chi connectivity index (χ4n) is 4.20. The Morgan fingerprint density at radius 2 is 1.21 bits per heavy atom. The van der Waals surface area contributed by atoms with Gasteiger partial charge in [0.25, 0.3) is 0 Å². The molecule has 0 saturated heterocycles. The summed E-state index contributed by atoms with van der Waals surface area (Å²) in [5.74, 6) is -0.355. The Morgan fingerprint density at radius 3 is 1.81 bits per heavy atom. The molecule has 2 atom stereocenters. The molecule has 9 heteroatoms. The van der Waals surface area contributed by atoms with Gasteiger partial charge in [-0.05, 0) is 64.2 Å². The van der Waals surface area contributed by atoms with Crippen LogP contribution in [0.15, 0.2) is 72.9 Å². The van der Waals surface area contributed by atoms with Crippen LogP contribution in [0.2, 0.25) is 0 Å². The van der Waals surface area contributed by atoms with E-state index in [0.717, 1.165) is 70.6 Å². The second kappa shape index (κ2) is 32.2. The van der Waals surface area contributed by atoms with Gasteiger partial charge in [0.2, 0.25) is 0 Å². The highest BCUT2D eigenvalue weighted by Gasteiger charge is 2.26. The van der Waals surface area contributed by atoms with Crippen molar-refractivity contribution in [2.75, 3.05) is 54.1 Å². The molecule has 0 rings (SSSR count). The molecule has 48 heavy (non-hydrogen) atoms. The van der Waals surface area contributed by atoms with E-state index in [0.29, 0.717) is 30.5 Å². The summed E-state index contributed by atoms with van der Waals surface area (Å²) in [4.78, 5) is 22.7. The molecule has 0 aromatic carbocycles. The van der Waals surface area contributed by atoms with Crippen LogP contribution >= 0.6 is 7.82 Å². The van der Waals surface area contributed by atoms with E-state index in [1.54, 1.807) is 0 Å². The molecule has 0 aliphatic carbocycles. The molecule has 0 saturated carbocycles. The van der Waals surface area contributed by atoms with Crippen molar-refractivity contribution >= 4 is 13.8 Å². The van der Waals surface area contributed by atoms with Crippen molar-refractivity contribution < 1.29 is 37.3 Å². The number of hydrogen-bond acceptors (Lipinski definition) is 6. The Morgan fingerprint density at radius 1 is 0.667 bits per heavy atom. The number of carbonyl (C=O) groups excluding carboxylic acids is 1. The number of allylic oxidation sites excluding steroid dienone is 11. The molecule has 0 radical (unpaired) electrons. The van der Waals surface area contributed by atoms with Crippen molar-refractivity contribution in [2.45, 2.75) is 116 Å². The third kappa shape index (κ3) is 35.3. The van der Waals surface area contributed by atoms with E-state index in [1.165, 1.54) is 12.8 Å². The summed E-state index contributed by atoms with van der Waals surface area (Å²) in [7, 11) is 1.60. The Labute approximate surface area is 293 Å². The lowest BCUT2D eigenvalue weighted by atomic mass is 10.1. The number of unbranched alkanes of at least 4 members (excludes halogenated alkanes) is 6. The van der Waals surface area contributed by atoms with Crippen LogP contribution < -0.4 is 0 Å². The Kier molecular flexibility index (Phi) is 30.8. The molecule has 0 heterocycles. The number of hydrogen-bond donors (Lipinski definition) is 1. The topological polar surface area (TPSA) is 91.3 Å². The maximum absolute atomic E-state index is 12.6. The quantitative estimate of drug-likeness (QED) is 0.0246. The van der Waals surface area contributed by atoms with Crippen LogP contribution in [0, 0.1) is 0 Å². The van der Waals surface area contributed by atoms with Gasteiger partial charge in [0, 0.05) is 6.42 Å². The largest absolute Gasteiger partial charge is 0.472 e. The normalized spacial score (nSPS) is 14.9. The van der Waals surface area contributed by atoms with Gasteiger partial charge in [0.15, 0.2) is 0 Å². The highest BCUT2D eigenvalue weighted by atomic mass is 31.2. The predicted octanol–water partition coefficient (Wildman–Crippen LogP) is 9.98. The van der Waals surface area contributed by atoms with Crippen molar-refractivity contribution in [3.8, 4) is 0 Å². The summed E-state index contributed by atoms with van der Waals surface area (Å²) in [6, 6.07) is 0. The highest BCUT2D eigenvalue weighted by Crippen LogP contribution is 2.43. The van der Waals surface area contributed by atoms with Crippen molar-refractivity contribution in [1.29, 1.82) is 0 Å². The van der Waals surface area contributed by atoms with Crippen molar-refractivity contribution in [3.05, 3.63) is 72.9 Å². The Bertz CT molecular complexity index is 995. The van der Waals surface area contributed by atoms with Crippen LogP contribution in [0.3, 0.4) is 0 Å². The van der Waals surface area contributed by atoms with E-state index < -0.39 is 13.9 Å². The summed E-state index contributed by atoms with van der Waals surface area (Å²) in [6.45, 7) is 5.16. The average Bonchev–Trinajstić information content (AvgIpc) is 3.03. The number of likely N-dealkylation sites (N-methyl/N-ethyl adjacent to an activating group) is 1. The van der Waals surface area contributed by atoms with Crippen molar-refractivity contribution in [1.82, 2.24) is 0 Å². The number of nitrogens with zero attached hydrogens (tertiary/aromatic N) is 1. The first-order valence-corrected chi connectivity index (χ1v) is 19.7. The van der Waals surface area contributed by atoms with Gasteiger partial charge < -0.3 is 18.9 Å². The smallest absolute Gasteiger partial charge is 0.457 e. The van der Waals surface area contributed by atoms with E-state index in [-0.39, 0.29) is 25.8 Å². The second-order valence-corrected chi connectivity index (χ2v) is 14.3. The lowest BCUT2D eigenvalue weighted by Gasteiger charge is -2.24. The molecule has 8 nitrogen and oxygen atoms in total. The summed E-state index contributed by atoms with van der Waals surface area (Å²) >= 11 is 0. The summed E-state index contributed by atoms with van der Waals surface area (Å²) in [6.07, 6.45) is 39.6. The number of esters is 1. The maximum atomic E-state index is 12.6. The van der Waals surface area contributed by atoms with Gasteiger partial charge in [0.1, 0.15) is 19.3 Å². The van der Waals surface area contributed by atoms with Crippen LogP contribution in [0.1, 0.15) is 110 Å². The van der Waals surface area contributed by atoms with E-state index >= 15 is 0 Å². The maximum Gasteiger partial charge on any atom is 0.472 e. The van der Waals surface area contributed by atoms with Gasteiger partial charge in [0.05, 0.1) is 41.0 Å². The summed E-state index contributed by atoms with van der Waals surface area (Å²) in [5, 5.41) is 0. The Hall–Kier alpha value is -2.06. The molecular formula is C39H69NO7P+. The fourth-order valence-corrected chi connectivity index (χ4v) is 4.95. The first kappa shape index (κ1) is 45.9. The number of phosphoric acid groups is 1. The molecular weight excluding hydrogens is 625 g/mol. The number of phosphoric ester groups is 1. The van der Waals surface area contributed by atoms with Gasteiger partial charge in [-0.1, -0.05) is 112 Å². The molecule has 0 aromatic heterocycles. The molecule has 0 aliphatic rings. The Balaban J connectivity index is 4.48. The van der Waals surface area contributed by atoms with Crippen molar-refractivity contribution in [2.24, 2.45) is 0 Å². The molecule has 2 unspecified atom stereocenters. The van der Waals surface area contributed by atoms with E-state index in [9.17, 15) is 14.3 Å². The average molecular weight is 695 g/mol. The number of ether oxygens (including phenoxy) is 2. The van der Waals surface area contributed by atoms with Crippen molar-refractivity contribution in [3.63, 3.8) is 0 Å². The van der Waals surface area contributed by atoms with E-state index in [1.807, 2.05) is 21.1 Å². The van der Waals surface area contributed by atoms with Crippen LogP contribution in [0.4, 0.5) is 0 Å². The zero-order chi connectivity index (χ0) is 35.6. The molecule has 0 amide bonds. The third-order valence-corrected chi connectivity index (χ3v) is 7.99. The molecule has 0 aromatic rings. The van der Waals surface area contributed by atoms with Crippen LogP contribution in [0.5, 0.6) is 0 Å². The first-order chi connectivity index (χ1) is 23.1. The minimum Gasteiger partial charge on any atom is -0.457 e. The van der Waals surface area contributed by atoms with E-state index in [2.05, 4.69) is 86.8 Å². The van der Waals surface area contributed by atoms with Gasteiger partial charge in [-0.15, -0.1) is 0 Å². The molecule has 0 bridgehead atoms. The summed E-state index contributed by atoms with van der Waals surface area (Å²) < 4.78 is 34.6. The lowest BCUT2D eigenvalue weighted by molar-refractivity contribution is -0.870. The SMILES string of the molecule is CC/C=C\C/C=C\C/C=C\C/C=C\C/C=C\CCOCC(COP(=O)(O)OCC[N+](C)(C)C)OC(=O)CCCCCCC/C=C\CCC. The third-order valence-electron chi connectivity index (χ3n) is 7.00. The van der Waals surface area contributed by atoms with Gasteiger partial charge in [-0.25, -0.2) is 4.57 Å². The molecule has 276 valence electrons. The molecule has 0 spiro atoms. The number of carbonyl (C=O) groups is 1. The van der Waals surface area contributed by atoms with Gasteiger partial charge in [-0.3, -0.25) is 13.8 Å². The fraction of sp³-hybridized carbons (Fsp3) is 0.667. The molecule has 0 aliphatic heterocycles. The zero-order valence-electron chi connectivity index (χ0n) is 30.9. The van der Waals surface area contributed by atoms with Gasteiger partial charge in [-0.2, -0.15) is 0 Å². The molecule has 1 N–H and O–H groups in total. The highest BCUT2D eigenvalue weighted by molar-refractivity contribution is 7.47.